The van der Waals surface area contributed by atoms with Crippen molar-refractivity contribution in [1.29, 1.82) is 0 Å². The van der Waals surface area contributed by atoms with Gasteiger partial charge in [-0.1, -0.05) is 22.0 Å². The predicted molar refractivity (Wildman–Crippen MR) is 72.0 cm³/mol. The summed E-state index contributed by atoms with van der Waals surface area (Å²) in [7, 11) is 0. The Morgan fingerprint density at radius 3 is 2.88 bits per heavy atom. The van der Waals surface area contributed by atoms with Gasteiger partial charge in [0, 0.05) is 16.8 Å². The summed E-state index contributed by atoms with van der Waals surface area (Å²) >= 11 is 3.34. The van der Waals surface area contributed by atoms with Gasteiger partial charge in [-0.2, -0.15) is 0 Å². The van der Waals surface area contributed by atoms with Gasteiger partial charge in [-0.05, 0) is 37.6 Å². The van der Waals surface area contributed by atoms with Crippen molar-refractivity contribution in [3.05, 3.63) is 28.7 Å². The molecule has 0 aromatic heterocycles. The van der Waals surface area contributed by atoms with E-state index in [0.29, 0.717) is 0 Å². The van der Waals surface area contributed by atoms with Crippen molar-refractivity contribution < 1.29 is 9.90 Å². The van der Waals surface area contributed by atoms with Crippen LogP contribution < -0.4 is 10.6 Å². The molecular formula is C12H17BrN2O2. The van der Waals surface area contributed by atoms with E-state index in [2.05, 4.69) is 26.6 Å². The lowest BCUT2D eigenvalue weighted by molar-refractivity contribution is -0.115. The molecule has 1 rings (SSSR count). The fourth-order valence-electron chi connectivity index (χ4n) is 1.34. The summed E-state index contributed by atoms with van der Waals surface area (Å²) in [4.78, 5) is 11.5. The highest BCUT2D eigenvalue weighted by Crippen LogP contribution is 2.15. The van der Waals surface area contributed by atoms with E-state index in [-0.39, 0.29) is 19.1 Å². The Balaban J connectivity index is 2.21. The number of carbonyl (C=O) groups excluding carboxylic acids is 1. The number of aliphatic hydroxyl groups is 1. The molecule has 1 aromatic rings. The predicted octanol–water partition coefficient (Wildman–Crippen LogP) is 1.75. The molecule has 0 saturated heterocycles. The normalized spacial score (nSPS) is 10.2. The zero-order valence-corrected chi connectivity index (χ0v) is 11.2. The third kappa shape index (κ3) is 6.41. The van der Waals surface area contributed by atoms with Crippen LogP contribution in [0, 0.1) is 0 Å². The molecule has 0 spiro atoms. The number of benzene rings is 1. The van der Waals surface area contributed by atoms with Crippen molar-refractivity contribution in [2.45, 2.75) is 12.8 Å². The number of hydrogen-bond acceptors (Lipinski definition) is 3. The van der Waals surface area contributed by atoms with Crippen LogP contribution >= 0.6 is 15.9 Å². The maximum absolute atomic E-state index is 11.5. The summed E-state index contributed by atoms with van der Waals surface area (Å²) in [5, 5.41) is 14.4. The van der Waals surface area contributed by atoms with Crippen LogP contribution in [0.3, 0.4) is 0 Å². The first-order valence-electron chi connectivity index (χ1n) is 5.59. The van der Waals surface area contributed by atoms with Crippen LogP contribution in [0.2, 0.25) is 0 Å². The van der Waals surface area contributed by atoms with E-state index in [4.69, 9.17) is 5.11 Å². The van der Waals surface area contributed by atoms with Crippen LogP contribution in [-0.4, -0.2) is 30.7 Å². The van der Waals surface area contributed by atoms with Gasteiger partial charge in [-0.25, -0.2) is 0 Å². The molecule has 0 saturated carbocycles. The van der Waals surface area contributed by atoms with Crippen molar-refractivity contribution in [2.24, 2.45) is 0 Å². The molecule has 0 radical (unpaired) electrons. The van der Waals surface area contributed by atoms with E-state index in [1.807, 2.05) is 24.3 Å². The minimum absolute atomic E-state index is 0.0629. The van der Waals surface area contributed by atoms with E-state index in [9.17, 15) is 4.79 Å². The number of amides is 1. The van der Waals surface area contributed by atoms with Crippen LogP contribution in [0.5, 0.6) is 0 Å². The molecule has 0 fully saturated rings. The van der Waals surface area contributed by atoms with E-state index < -0.39 is 0 Å². The average molecular weight is 301 g/mol. The van der Waals surface area contributed by atoms with Crippen molar-refractivity contribution in [1.82, 2.24) is 5.32 Å². The average Bonchev–Trinajstić information content (AvgIpc) is 2.29. The molecule has 0 atom stereocenters. The number of carbonyl (C=O) groups is 1. The molecular weight excluding hydrogens is 284 g/mol. The molecule has 3 N–H and O–H groups in total. The Bertz CT molecular complexity index is 358. The highest BCUT2D eigenvalue weighted by atomic mass is 79.9. The lowest BCUT2D eigenvalue weighted by Crippen LogP contribution is -2.28. The number of hydrogen-bond donors (Lipinski definition) is 3. The molecule has 0 aliphatic rings. The highest BCUT2D eigenvalue weighted by molar-refractivity contribution is 9.10. The first-order chi connectivity index (χ1) is 8.22. The lowest BCUT2D eigenvalue weighted by Gasteiger charge is -2.06. The zero-order valence-electron chi connectivity index (χ0n) is 9.58. The van der Waals surface area contributed by atoms with Crippen molar-refractivity contribution in [3.63, 3.8) is 0 Å². The molecule has 17 heavy (non-hydrogen) atoms. The van der Waals surface area contributed by atoms with Crippen LogP contribution in [0.25, 0.3) is 0 Å². The third-order valence-electron chi connectivity index (χ3n) is 2.16. The SMILES string of the molecule is O=C(CNCCCCO)Nc1cccc(Br)c1. The quantitative estimate of drug-likeness (QED) is 0.672. The Morgan fingerprint density at radius 1 is 1.35 bits per heavy atom. The minimum Gasteiger partial charge on any atom is -0.396 e. The van der Waals surface area contributed by atoms with Crippen LogP contribution in [0.1, 0.15) is 12.8 Å². The Morgan fingerprint density at radius 2 is 2.18 bits per heavy atom. The molecule has 4 nitrogen and oxygen atoms in total. The van der Waals surface area contributed by atoms with E-state index in [0.717, 1.165) is 29.5 Å². The van der Waals surface area contributed by atoms with Crippen LogP contribution in [0.15, 0.2) is 28.7 Å². The second-order valence-corrected chi connectivity index (χ2v) is 4.58. The number of anilines is 1. The standard InChI is InChI=1S/C12H17BrN2O2/c13-10-4-3-5-11(8-10)15-12(17)9-14-6-1-2-7-16/h3-5,8,14,16H,1-2,6-7,9H2,(H,15,17). The number of rotatable bonds is 7. The van der Waals surface area contributed by atoms with Gasteiger partial charge in [-0.3, -0.25) is 4.79 Å². The van der Waals surface area contributed by atoms with Gasteiger partial charge < -0.3 is 15.7 Å². The second kappa shape index (κ2) is 8.22. The summed E-state index contributed by atoms with van der Waals surface area (Å²) in [5.74, 6) is -0.0629. The first kappa shape index (κ1) is 14.2. The van der Waals surface area contributed by atoms with Gasteiger partial charge in [0.2, 0.25) is 5.91 Å². The molecule has 1 amide bonds. The lowest BCUT2D eigenvalue weighted by atomic mass is 10.3. The van der Waals surface area contributed by atoms with Gasteiger partial charge in [0.05, 0.1) is 6.54 Å². The van der Waals surface area contributed by atoms with Gasteiger partial charge in [0.1, 0.15) is 0 Å². The molecule has 5 heteroatoms. The van der Waals surface area contributed by atoms with Crippen molar-refractivity contribution in [2.75, 3.05) is 25.0 Å². The maximum Gasteiger partial charge on any atom is 0.238 e. The van der Waals surface area contributed by atoms with Crippen molar-refractivity contribution >= 4 is 27.5 Å². The first-order valence-corrected chi connectivity index (χ1v) is 6.38. The monoisotopic (exact) mass is 300 g/mol. The second-order valence-electron chi connectivity index (χ2n) is 3.67. The summed E-state index contributed by atoms with van der Waals surface area (Å²) in [6, 6.07) is 7.47. The van der Waals surface area contributed by atoms with Gasteiger partial charge in [0.15, 0.2) is 0 Å². The molecule has 0 aliphatic heterocycles. The summed E-state index contributed by atoms with van der Waals surface area (Å²) in [5.41, 5.74) is 0.779. The summed E-state index contributed by atoms with van der Waals surface area (Å²) in [6.07, 6.45) is 1.64. The van der Waals surface area contributed by atoms with Gasteiger partial charge >= 0.3 is 0 Å². The van der Waals surface area contributed by atoms with Gasteiger partial charge in [-0.15, -0.1) is 0 Å². The topological polar surface area (TPSA) is 61.4 Å². The van der Waals surface area contributed by atoms with Crippen LogP contribution in [-0.2, 0) is 4.79 Å². The third-order valence-corrected chi connectivity index (χ3v) is 2.65. The minimum atomic E-state index is -0.0629. The van der Waals surface area contributed by atoms with Crippen LogP contribution in [0.4, 0.5) is 5.69 Å². The molecule has 0 aliphatic carbocycles. The smallest absolute Gasteiger partial charge is 0.238 e. The number of aliphatic hydroxyl groups excluding tert-OH is 1. The highest BCUT2D eigenvalue weighted by Gasteiger charge is 2.01. The summed E-state index contributed by atoms with van der Waals surface area (Å²) in [6.45, 7) is 1.23. The number of halogens is 1. The van der Waals surface area contributed by atoms with E-state index in [1.54, 1.807) is 0 Å². The molecule has 0 heterocycles. The molecule has 0 unspecified atom stereocenters. The largest absolute Gasteiger partial charge is 0.396 e. The van der Waals surface area contributed by atoms with E-state index in [1.165, 1.54) is 0 Å². The number of nitrogens with one attached hydrogen (secondary N) is 2. The van der Waals surface area contributed by atoms with E-state index >= 15 is 0 Å². The van der Waals surface area contributed by atoms with Crippen molar-refractivity contribution in [3.8, 4) is 0 Å². The zero-order chi connectivity index (χ0) is 12.5. The summed E-state index contributed by atoms with van der Waals surface area (Å²) < 4.78 is 0.936. The Labute approximate surface area is 110 Å². The molecule has 0 bridgehead atoms. The molecule has 94 valence electrons. The fraction of sp³-hybridized carbons (Fsp3) is 0.417. The van der Waals surface area contributed by atoms with Gasteiger partial charge in [0.25, 0.3) is 0 Å². The fourth-order valence-corrected chi connectivity index (χ4v) is 1.73. The number of unbranched alkanes of at least 4 members (excludes halogenated alkanes) is 1. The Kier molecular flexibility index (Phi) is 6.84. The molecule has 1 aromatic carbocycles. The Hall–Kier alpha value is -0.910. The maximum atomic E-state index is 11.5.